The second-order valence-electron chi connectivity index (χ2n) is 4.06. The molecular weight excluding hydrogens is 280 g/mol. The first-order valence-electron chi connectivity index (χ1n) is 6.26. The molecule has 112 valence electrons. The third-order valence-electron chi connectivity index (χ3n) is 2.60. The Morgan fingerprint density at radius 1 is 1.33 bits per heavy atom. The molecule has 0 spiro atoms. The highest BCUT2D eigenvalue weighted by molar-refractivity contribution is 5.79. The summed E-state index contributed by atoms with van der Waals surface area (Å²) in [6, 6.07) is 4.81. The fourth-order valence-electron chi connectivity index (χ4n) is 1.59. The van der Waals surface area contributed by atoms with Crippen molar-refractivity contribution in [2.75, 3.05) is 7.05 Å². The second kappa shape index (κ2) is 7.32. The molecule has 21 heavy (non-hydrogen) atoms. The highest BCUT2D eigenvalue weighted by Crippen LogP contribution is 2.14. The summed E-state index contributed by atoms with van der Waals surface area (Å²) in [4.78, 5) is 11.7. The summed E-state index contributed by atoms with van der Waals surface area (Å²) in [6.45, 7) is 0.656. The molecule has 2 aromatic heterocycles. The van der Waals surface area contributed by atoms with Crippen molar-refractivity contribution in [3.05, 3.63) is 47.9 Å². The molecule has 0 saturated carbocycles. The van der Waals surface area contributed by atoms with Crippen LogP contribution in [-0.4, -0.2) is 23.0 Å². The zero-order chi connectivity index (χ0) is 15.1. The number of hydrogen-bond donors (Lipinski definition) is 2. The summed E-state index contributed by atoms with van der Waals surface area (Å²) in [5, 5.41) is 5.96. The molecule has 0 aromatic carbocycles. The van der Waals surface area contributed by atoms with E-state index in [1.165, 1.54) is 12.3 Å². The smallest absolute Gasteiger partial charge is 0.280 e. The van der Waals surface area contributed by atoms with E-state index >= 15 is 0 Å². The maximum absolute atomic E-state index is 12.5. The second-order valence-corrected chi connectivity index (χ2v) is 4.06. The van der Waals surface area contributed by atoms with Gasteiger partial charge in [0, 0.05) is 13.2 Å². The van der Waals surface area contributed by atoms with Crippen LogP contribution < -0.4 is 10.6 Å². The Morgan fingerprint density at radius 2 is 2.14 bits per heavy atom. The van der Waals surface area contributed by atoms with Gasteiger partial charge in [-0.3, -0.25) is 4.99 Å². The van der Waals surface area contributed by atoms with E-state index in [1.807, 2.05) is 6.07 Å². The number of nitrogens with zero attached hydrogens (tertiary/aromatic N) is 3. The lowest BCUT2D eigenvalue weighted by atomic mass is 10.4. The standard InChI is InChI=1S/C13H15F2N5O/c1-16-13(18-7-9-3-2-6-21-9)19-8-11-17-5-4-10(20-11)12(14)15/h2-6,12H,7-8H2,1H3,(H2,16,18,19). The molecule has 2 heterocycles. The molecule has 0 bridgehead atoms. The number of furan rings is 1. The van der Waals surface area contributed by atoms with Gasteiger partial charge < -0.3 is 15.1 Å². The first kappa shape index (κ1) is 14.9. The van der Waals surface area contributed by atoms with Gasteiger partial charge in [0.1, 0.15) is 17.3 Å². The molecule has 0 saturated heterocycles. The monoisotopic (exact) mass is 295 g/mol. The Labute approximate surface area is 120 Å². The number of aromatic nitrogens is 2. The normalized spacial score (nSPS) is 11.7. The molecule has 0 aliphatic carbocycles. The number of alkyl halides is 2. The minimum atomic E-state index is -2.61. The lowest BCUT2D eigenvalue weighted by Gasteiger charge is -2.10. The summed E-state index contributed by atoms with van der Waals surface area (Å²) in [7, 11) is 1.61. The first-order valence-corrected chi connectivity index (χ1v) is 6.26. The van der Waals surface area contributed by atoms with Crippen LogP contribution in [0.15, 0.2) is 40.1 Å². The van der Waals surface area contributed by atoms with Gasteiger partial charge in [0.15, 0.2) is 5.96 Å². The van der Waals surface area contributed by atoms with Crippen LogP contribution in [-0.2, 0) is 13.1 Å². The number of nitrogens with one attached hydrogen (secondary N) is 2. The number of halogens is 2. The third kappa shape index (κ3) is 4.51. The first-order chi connectivity index (χ1) is 10.2. The molecular formula is C13H15F2N5O. The molecule has 8 heteroatoms. The average Bonchev–Trinajstić information content (AvgIpc) is 3.01. The highest BCUT2D eigenvalue weighted by atomic mass is 19.3. The Kier molecular flexibility index (Phi) is 5.19. The molecule has 2 aromatic rings. The van der Waals surface area contributed by atoms with E-state index in [4.69, 9.17) is 4.42 Å². The molecule has 0 unspecified atom stereocenters. The van der Waals surface area contributed by atoms with Crippen molar-refractivity contribution in [2.24, 2.45) is 4.99 Å². The molecule has 6 nitrogen and oxygen atoms in total. The molecule has 0 amide bonds. The van der Waals surface area contributed by atoms with Crippen molar-refractivity contribution in [2.45, 2.75) is 19.5 Å². The van der Waals surface area contributed by atoms with Gasteiger partial charge in [-0.2, -0.15) is 0 Å². The average molecular weight is 295 g/mol. The van der Waals surface area contributed by atoms with Crippen molar-refractivity contribution in [1.29, 1.82) is 0 Å². The Hall–Kier alpha value is -2.51. The molecule has 0 atom stereocenters. The van der Waals surface area contributed by atoms with E-state index in [0.717, 1.165) is 5.76 Å². The fourth-order valence-corrected chi connectivity index (χ4v) is 1.59. The van der Waals surface area contributed by atoms with Gasteiger partial charge in [-0.05, 0) is 18.2 Å². The maximum Gasteiger partial charge on any atom is 0.280 e. The van der Waals surface area contributed by atoms with E-state index < -0.39 is 6.43 Å². The predicted octanol–water partition coefficient (Wildman–Crippen LogP) is 1.87. The van der Waals surface area contributed by atoms with Gasteiger partial charge in [0.2, 0.25) is 0 Å². The van der Waals surface area contributed by atoms with Crippen LogP contribution in [0.5, 0.6) is 0 Å². The predicted molar refractivity (Wildman–Crippen MR) is 72.7 cm³/mol. The van der Waals surface area contributed by atoms with Gasteiger partial charge in [-0.1, -0.05) is 0 Å². The quantitative estimate of drug-likeness (QED) is 0.650. The topological polar surface area (TPSA) is 75.3 Å². The van der Waals surface area contributed by atoms with Gasteiger partial charge in [0.25, 0.3) is 6.43 Å². The van der Waals surface area contributed by atoms with Crippen molar-refractivity contribution in [3.63, 3.8) is 0 Å². The van der Waals surface area contributed by atoms with E-state index in [0.29, 0.717) is 12.5 Å². The third-order valence-corrected chi connectivity index (χ3v) is 2.60. The summed E-state index contributed by atoms with van der Waals surface area (Å²) in [6.07, 6.45) is 0.282. The molecule has 0 aliphatic heterocycles. The number of guanidine groups is 1. The lowest BCUT2D eigenvalue weighted by Crippen LogP contribution is -2.36. The van der Waals surface area contributed by atoms with Crippen LogP contribution in [0, 0.1) is 0 Å². The molecule has 2 N–H and O–H groups in total. The molecule has 0 radical (unpaired) electrons. The molecule has 2 rings (SSSR count). The fraction of sp³-hybridized carbons (Fsp3) is 0.308. The molecule has 0 aliphatic rings. The number of aliphatic imine (C=N–C) groups is 1. The largest absolute Gasteiger partial charge is 0.467 e. The zero-order valence-electron chi connectivity index (χ0n) is 11.4. The maximum atomic E-state index is 12.5. The Balaban J connectivity index is 1.86. The van der Waals surface area contributed by atoms with E-state index in [9.17, 15) is 8.78 Å². The zero-order valence-corrected chi connectivity index (χ0v) is 11.4. The lowest BCUT2D eigenvalue weighted by molar-refractivity contribution is 0.145. The van der Waals surface area contributed by atoms with Crippen LogP contribution >= 0.6 is 0 Å². The van der Waals surface area contributed by atoms with Gasteiger partial charge in [-0.25, -0.2) is 18.7 Å². The van der Waals surface area contributed by atoms with Gasteiger partial charge in [0.05, 0.1) is 19.4 Å². The summed E-state index contributed by atoms with van der Waals surface area (Å²) >= 11 is 0. The van der Waals surface area contributed by atoms with Crippen LogP contribution in [0.25, 0.3) is 0 Å². The van der Waals surface area contributed by atoms with Crippen LogP contribution in [0.4, 0.5) is 8.78 Å². The number of rotatable bonds is 5. The van der Waals surface area contributed by atoms with Crippen LogP contribution in [0.3, 0.4) is 0 Å². The van der Waals surface area contributed by atoms with Crippen molar-refractivity contribution in [3.8, 4) is 0 Å². The van der Waals surface area contributed by atoms with E-state index in [2.05, 4.69) is 25.6 Å². The summed E-state index contributed by atoms with van der Waals surface area (Å²) < 4.78 is 30.2. The van der Waals surface area contributed by atoms with Gasteiger partial charge >= 0.3 is 0 Å². The Bertz CT molecular complexity index is 586. The van der Waals surface area contributed by atoms with Crippen LogP contribution in [0.1, 0.15) is 23.7 Å². The minimum Gasteiger partial charge on any atom is -0.467 e. The van der Waals surface area contributed by atoms with Crippen molar-refractivity contribution in [1.82, 2.24) is 20.6 Å². The van der Waals surface area contributed by atoms with E-state index in [1.54, 1.807) is 19.4 Å². The van der Waals surface area contributed by atoms with E-state index in [-0.39, 0.29) is 18.1 Å². The van der Waals surface area contributed by atoms with Crippen molar-refractivity contribution >= 4 is 5.96 Å². The van der Waals surface area contributed by atoms with Crippen LogP contribution in [0.2, 0.25) is 0 Å². The molecule has 0 fully saturated rings. The number of hydrogen-bond acceptors (Lipinski definition) is 4. The minimum absolute atomic E-state index is 0.193. The van der Waals surface area contributed by atoms with Gasteiger partial charge in [-0.15, -0.1) is 0 Å². The summed E-state index contributed by atoms with van der Waals surface area (Å²) in [5.41, 5.74) is -0.291. The summed E-state index contributed by atoms with van der Waals surface area (Å²) in [5.74, 6) is 1.53. The van der Waals surface area contributed by atoms with Crippen molar-refractivity contribution < 1.29 is 13.2 Å². The Morgan fingerprint density at radius 3 is 2.81 bits per heavy atom. The SMILES string of the molecule is CN=C(NCc1nccc(C(F)F)n1)NCc1ccco1. The highest BCUT2D eigenvalue weighted by Gasteiger charge is 2.10.